The van der Waals surface area contributed by atoms with Crippen LogP contribution in [-0.2, 0) is 0 Å². The maximum absolute atomic E-state index is 13.6. The number of ether oxygens (including phenoxy) is 2. The zero-order valence-electron chi connectivity index (χ0n) is 20.2. The van der Waals surface area contributed by atoms with Crippen LogP contribution in [0.15, 0.2) is 58.4 Å². The maximum atomic E-state index is 13.6. The third-order valence-corrected chi connectivity index (χ3v) is 6.61. The molecule has 0 unspecified atom stereocenters. The minimum Gasteiger partial charge on any atom is -0.504 e. The molecule has 0 saturated carbocycles. The van der Waals surface area contributed by atoms with Gasteiger partial charge in [0.25, 0.3) is 5.56 Å². The predicted octanol–water partition coefficient (Wildman–Crippen LogP) is 5.70. The van der Waals surface area contributed by atoms with E-state index in [2.05, 4.69) is 18.9 Å². The van der Waals surface area contributed by atoms with E-state index in [1.807, 2.05) is 59.8 Å². The number of para-hydroxylation sites is 1. The molecule has 1 aromatic heterocycles. The van der Waals surface area contributed by atoms with Crippen molar-refractivity contribution < 1.29 is 14.6 Å². The van der Waals surface area contributed by atoms with Crippen LogP contribution in [0, 0.1) is 10.5 Å². The summed E-state index contributed by atoms with van der Waals surface area (Å²) in [7, 11) is 3.14. The molecule has 0 spiro atoms. The molecule has 0 aliphatic carbocycles. The second kappa shape index (κ2) is 10.1. The number of rotatable bonds is 6. The summed E-state index contributed by atoms with van der Waals surface area (Å²) in [6, 6.07) is 14.6. The topological polar surface area (TPSA) is 85.9 Å². The van der Waals surface area contributed by atoms with Crippen LogP contribution in [0.1, 0.15) is 36.5 Å². The lowest BCUT2D eigenvalue weighted by atomic mass is 9.96. The Morgan fingerprint density at radius 2 is 1.80 bits per heavy atom. The molecule has 8 heteroatoms. The standard InChI is InChI=1S/C27H26IN3O4/c1-15(2)19-13-20(16(3)10-23(19)34-4)26-30-22-9-7-6-8-18(22)27(33)31(26)29-14-17-11-21(28)25(32)24(12-17)35-5/h6-15,32H,1-5H3. The minimum absolute atomic E-state index is 0.0607. The number of aryl methyl sites for hydroxylation is 1. The van der Waals surface area contributed by atoms with Gasteiger partial charge in [0.2, 0.25) is 0 Å². The number of nitrogens with zero attached hydrogens (tertiary/aromatic N) is 3. The Kier molecular flexibility index (Phi) is 7.11. The lowest BCUT2D eigenvalue weighted by Gasteiger charge is -2.17. The first-order valence-corrected chi connectivity index (χ1v) is 12.1. The van der Waals surface area contributed by atoms with Gasteiger partial charge in [-0.25, -0.2) is 4.98 Å². The highest BCUT2D eigenvalue weighted by Crippen LogP contribution is 2.34. The Labute approximate surface area is 217 Å². The number of fused-ring (bicyclic) bond motifs is 1. The molecule has 0 bridgehead atoms. The summed E-state index contributed by atoms with van der Waals surface area (Å²) in [5.74, 6) is 1.83. The van der Waals surface area contributed by atoms with Gasteiger partial charge in [-0.1, -0.05) is 26.0 Å². The SMILES string of the molecule is COc1cc(C)c(-c2nc3ccccc3c(=O)n2N=Cc2cc(I)c(O)c(OC)c2)cc1C(C)C. The quantitative estimate of drug-likeness (QED) is 0.233. The fourth-order valence-electron chi connectivity index (χ4n) is 3.92. The van der Waals surface area contributed by atoms with Crippen LogP contribution >= 0.6 is 22.6 Å². The maximum Gasteiger partial charge on any atom is 0.282 e. The molecule has 4 aromatic rings. The number of halogens is 1. The molecule has 35 heavy (non-hydrogen) atoms. The van der Waals surface area contributed by atoms with E-state index in [0.29, 0.717) is 31.6 Å². The van der Waals surface area contributed by atoms with Crippen LogP contribution in [0.25, 0.3) is 22.3 Å². The van der Waals surface area contributed by atoms with Crippen molar-refractivity contribution in [3.8, 4) is 28.6 Å². The van der Waals surface area contributed by atoms with Crippen molar-refractivity contribution in [1.82, 2.24) is 9.66 Å². The molecule has 7 nitrogen and oxygen atoms in total. The number of phenolic OH excluding ortho intramolecular Hbond substituents is 1. The number of hydrogen-bond acceptors (Lipinski definition) is 6. The molecule has 1 heterocycles. The zero-order valence-corrected chi connectivity index (χ0v) is 22.3. The number of phenols is 1. The van der Waals surface area contributed by atoms with E-state index in [0.717, 1.165) is 22.4 Å². The number of hydrogen-bond donors (Lipinski definition) is 1. The normalized spacial score (nSPS) is 11.5. The first-order chi connectivity index (χ1) is 16.7. The highest BCUT2D eigenvalue weighted by Gasteiger charge is 2.18. The predicted molar refractivity (Wildman–Crippen MR) is 147 cm³/mol. The van der Waals surface area contributed by atoms with E-state index in [-0.39, 0.29) is 17.2 Å². The van der Waals surface area contributed by atoms with E-state index in [1.54, 1.807) is 31.5 Å². The Morgan fingerprint density at radius 3 is 2.49 bits per heavy atom. The molecular formula is C27H26IN3O4. The van der Waals surface area contributed by atoms with Gasteiger partial charge >= 0.3 is 0 Å². The average Bonchev–Trinajstić information content (AvgIpc) is 2.84. The van der Waals surface area contributed by atoms with Gasteiger partial charge in [-0.15, -0.1) is 0 Å². The van der Waals surface area contributed by atoms with Gasteiger partial charge in [0.1, 0.15) is 5.75 Å². The smallest absolute Gasteiger partial charge is 0.282 e. The minimum atomic E-state index is -0.274. The van der Waals surface area contributed by atoms with Gasteiger partial charge < -0.3 is 14.6 Å². The van der Waals surface area contributed by atoms with Crippen molar-refractivity contribution in [3.05, 3.63) is 79.1 Å². The van der Waals surface area contributed by atoms with Gasteiger partial charge in [0.05, 0.1) is 34.9 Å². The Bertz CT molecular complexity index is 1510. The first kappa shape index (κ1) is 24.7. The lowest BCUT2D eigenvalue weighted by Crippen LogP contribution is -2.20. The second-order valence-electron chi connectivity index (χ2n) is 8.43. The van der Waals surface area contributed by atoms with Crippen LogP contribution in [-0.4, -0.2) is 35.2 Å². The number of benzene rings is 3. The van der Waals surface area contributed by atoms with Crippen LogP contribution in [0.3, 0.4) is 0 Å². The number of methoxy groups -OCH3 is 2. The second-order valence-corrected chi connectivity index (χ2v) is 9.59. The lowest BCUT2D eigenvalue weighted by molar-refractivity contribution is 0.371. The average molecular weight is 583 g/mol. The van der Waals surface area contributed by atoms with E-state index < -0.39 is 0 Å². The molecule has 0 saturated heterocycles. The van der Waals surface area contributed by atoms with E-state index in [4.69, 9.17) is 14.5 Å². The summed E-state index contributed by atoms with van der Waals surface area (Å²) in [6.45, 7) is 6.15. The van der Waals surface area contributed by atoms with E-state index in [9.17, 15) is 9.90 Å². The Hall–Kier alpha value is -3.40. The van der Waals surface area contributed by atoms with E-state index >= 15 is 0 Å². The van der Waals surface area contributed by atoms with Gasteiger partial charge in [-0.2, -0.15) is 9.78 Å². The van der Waals surface area contributed by atoms with Crippen molar-refractivity contribution in [2.45, 2.75) is 26.7 Å². The van der Waals surface area contributed by atoms with Gasteiger partial charge in [-0.3, -0.25) is 4.79 Å². The molecule has 0 radical (unpaired) electrons. The van der Waals surface area contributed by atoms with Crippen LogP contribution in [0.2, 0.25) is 0 Å². The Balaban J connectivity index is 1.98. The summed E-state index contributed by atoms with van der Waals surface area (Å²) in [5.41, 5.74) is 3.73. The molecule has 0 aliphatic rings. The van der Waals surface area contributed by atoms with Crippen molar-refractivity contribution in [3.63, 3.8) is 0 Å². The molecule has 3 aromatic carbocycles. The number of aromatic hydroxyl groups is 1. The molecule has 0 aliphatic heterocycles. The van der Waals surface area contributed by atoms with Crippen LogP contribution in [0.5, 0.6) is 17.2 Å². The molecular weight excluding hydrogens is 557 g/mol. The fraction of sp³-hybridized carbons (Fsp3) is 0.222. The monoisotopic (exact) mass is 583 g/mol. The van der Waals surface area contributed by atoms with Gasteiger partial charge in [-0.05, 0) is 88.5 Å². The summed E-state index contributed by atoms with van der Waals surface area (Å²) in [5, 5.41) is 15.2. The molecule has 0 atom stereocenters. The van der Waals surface area contributed by atoms with Crippen molar-refractivity contribution >= 4 is 39.7 Å². The van der Waals surface area contributed by atoms with Crippen molar-refractivity contribution in [2.75, 3.05) is 14.2 Å². The van der Waals surface area contributed by atoms with Crippen LogP contribution < -0.4 is 15.0 Å². The third kappa shape index (κ3) is 4.75. The van der Waals surface area contributed by atoms with Crippen LogP contribution in [0.4, 0.5) is 0 Å². The highest BCUT2D eigenvalue weighted by atomic mass is 127. The largest absolute Gasteiger partial charge is 0.504 e. The molecule has 0 amide bonds. The van der Waals surface area contributed by atoms with Gasteiger partial charge in [0, 0.05) is 5.56 Å². The summed E-state index contributed by atoms with van der Waals surface area (Å²) < 4.78 is 12.8. The molecule has 4 rings (SSSR count). The van der Waals surface area contributed by atoms with E-state index in [1.165, 1.54) is 11.8 Å². The third-order valence-electron chi connectivity index (χ3n) is 5.79. The van der Waals surface area contributed by atoms with Crippen molar-refractivity contribution in [1.29, 1.82) is 0 Å². The first-order valence-electron chi connectivity index (χ1n) is 11.1. The zero-order chi connectivity index (χ0) is 25.3. The highest BCUT2D eigenvalue weighted by molar-refractivity contribution is 14.1. The summed E-state index contributed by atoms with van der Waals surface area (Å²) in [4.78, 5) is 18.4. The summed E-state index contributed by atoms with van der Waals surface area (Å²) >= 11 is 2.02. The summed E-state index contributed by atoms with van der Waals surface area (Å²) in [6.07, 6.45) is 1.56. The number of aromatic nitrogens is 2. The Morgan fingerprint density at radius 1 is 1.09 bits per heavy atom. The van der Waals surface area contributed by atoms with Gasteiger partial charge in [0.15, 0.2) is 17.3 Å². The fourth-order valence-corrected chi connectivity index (χ4v) is 4.55. The molecule has 180 valence electrons. The van der Waals surface area contributed by atoms with Crippen molar-refractivity contribution in [2.24, 2.45) is 5.10 Å². The molecule has 1 N–H and O–H groups in total. The molecule has 0 fully saturated rings.